The van der Waals surface area contributed by atoms with E-state index in [0.717, 1.165) is 19.4 Å². The van der Waals surface area contributed by atoms with Gasteiger partial charge in [0, 0.05) is 25.2 Å². The molecule has 1 saturated heterocycles. The Morgan fingerprint density at radius 1 is 1.17 bits per heavy atom. The van der Waals surface area contributed by atoms with Crippen LogP contribution in [0.15, 0.2) is 17.0 Å². The first-order chi connectivity index (χ1) is 11.5. The Kier molecular flexibility index (Phi) is 6.31. The predicted octanol–water partition coefficient (Wildman–Crippen LogP) is 1.33. The van der Waals surface area contributed by atoms with Gasteiger partial charge in [0.25, 0.3) is 0 Å². The molecule has 8 heteroatoms. The Hall–Kier alpha value is -1.51. The van der Waals surface area contributed by atoms with Gasteiger partial charge in [0.1, 0.15) is 17.2 Å². The molecule has 1 N–H and O–H groups in total. The zero-order chi connectivity index (χ0) is 17.7. The molecule has 1 aliphatic rings. The van der Waals surface area contributed by atoms with Crippen molar-refractivity contribution in [2.75, 3.05) is 48.0 Å². The van der Waals surface area contributed by atoms with Gasteiger partial charge in [0.2, 0.25) is 10.0 Å². The van der Waals surface area contributed by atoms with Gasteiger partial charge in [0.05, 0.1) is 21.3 Å². The number of nitrogens with one attached hydrogen (secondary N) is 1. The molecule has 0 radical (unpaired) electrons. The Morgan fingerprint density at radius 2 is 1.79 bits per heavy atom. The molecule has 1 aromatic rings. The van der Waals surface area contributed by atoms with E-state index in [1.807, 2.05) is 7.05 Å². The molecule has 1 heterocycles. The summed E-state index contributed by atoms with van der Waals surface area (Å²) in [5.74, 6) is 1.23. The van der Waals surface area contributed by atoms with Crippen LogP contribution >= 0.6 is 0 Å². The maximum atomic E-state index is 13.2. The first-order valence-corrected chi connectivity index (χ1v) is 9.36. The third-order valence-electron chi connectivity index (χ3n) is 4.24. The fourth-order valence-electron chi connectivity index (χ4n) is 3.06. The fraction of sp³-hybridized carbons (Fsp3) is 0.625. The molecule has 2 rings (SSSR count). The van der Waals surface area contributed by atoms with Crippen LogP contribution in [-0.2, 0) is 10.0 Å². The molecular formula is C16H26N2O5S. The smallest absolute Gasteiger partial charge is 0.250 e. The fourth-order valence-corrected chi connectivity index (χ4v) is 4.89. The van der Waals surface area contributed by atoms with Crippen LogP contribution in [0.1, 0.15) is 12.8 Å². The van der Waals surface area contributed by atoms with E-state index in [4.69, 9.17) is 14.2 Å². The van der Waals surface area contributed by atoms with Gasteiger partial charge >= 0.3 is 0 Å². The second-order valence-electron chi connectivity index (χ2n) is 5.79. The number of rotatable bonds is 7. The second-order valence-corrected chi connectivity index (χ2v) is 7.66. The summed E-state index contributed by atoms with van der Waals surface area (Å²) in [6.45, 7) is 1.78. The van der Waals surface area contributed by atoms with Crippen LogP contribution in [0.5, 0.6) is 17.2 Å². The summed E-state index contributed by atoms with van der Waals surface area (Å²) in [5.41, 5.74) is 0. The Bertz CT molecular complexity index is 635. The van der Waals surface area contributed by atoms with Crippen LogP contribution in [0.3, 0.4) is 0 Å². The number of benzene rings is 1. The maximum absolute atomic E-state index is 13.2. The van der Waals surface area contributed by atoms with Crippen molar-refractivity contribution < 1.29 is 22.6 Å². The van der Waals surface area contributed by atoms with Crippen molar-refractivity contribution in [1.29, 1.82) is 0 Å². The van der Waals surface area contributed by atoms with E-state index in [1.54, 1.807) is 12.1 Å². The summed E-state index contributed by atoms with van der Waals surface area (Å²) in [4.78, 5) is 0.0541. The predicted molar refractivity (Wildman–Crippen MR) is 91.5 cm³/mol. The summed E-state index contributed by atoms with van der Waals surface area (Å²) in [7, 11) is 2.54. The standard InChI is InChI=1S/C16H26N2O5S/c1-17-10-12-6-5-7-18(11-12)24(19,20)16-14(22-3)8-13(21-2)9-15(16)23-4/h8-9,12,17H,5-7,10-11H2,1-4H3. The highest BCUT2D eigenvalue weighted by atomic mass is 32.2. The molecule has 0 amide bonds. The highest BCUT2D eigenvalue weighted by Crippen LogP contribution is 2.40. The first kappa shape index (κ1) is 18.8. The average Bonchev–Trinajstić information content (AvgIpc) is 2.60. The van der Waals surface area contributed by atoms with Gasteiger partial charge in [-0.25, -0.2) is 8.42 Å². The number of sulfonamides is 1. The van der Waals surface area contributed by atoms with Crippen molar-refractivity contribution in [3.63, 3.8) is 0 Å². The molecule has 1 unspecified atom stereocenters. The minimum atomic E-state index is -3.72. The van der Waals surface area contributed by atoms with Gasteiger partial charge in [-0.05, 0) is 32.4 Å². The average molecular weight is 358 g/mol. The number of ether oxygens (including phenoxy) is 3. The number of hydrogen-bond acceptors (Lipinski definition) is 6. The van der Waals surface area contributed by atoms with Gasteiger partial charge in [-0.2, -0.15) is 4.31 Å². The summed E-state index contributed by atoms with van der Waals surface area (Å²) in [6.07, 6.45) is 1.86. The van der Waals surface area contributed by atoms with E-state index in [2.05, 4.69) is 5.32 Å². The second kappa shape index (κ2) is 8.04. The highest BCUT2D eigenvalue weighted by Gasteiger charge is 2.35. The van der Waals surface area contributed by atoms with E-state index in [9.17, 15) is 8.42 Å². The summed E-state index contributed by atoms with van der Waals surface area (Å²) in [5, 5.41) is 3.12. The Morgan fingerprint density at radius 3 is 2.29 bits per heavy atom. The maximum Gasteiger partial charge on any atom is 0.250 e. The van der Waals surface area contributed by atoms with Gasteiger partial charge in [-0.15, -0.1) is 0 Å². The summed E-state index contributed by atoms with van der Waals surface area (Å²) in [6, 6.07) is 3.12. The van der Waals surface area contributed by atoms with Crippen molar-refractivity contribution in [3.05, 3.63) is 12.1 Å². The molecule has 0 aromatic heterocycles. The van der Waals surface area contributed by atoms with Crippen molar-refractivity contribution in [2.45, 2.75) is 17.7 Å². The molecule has 136 valence electrons. The Labute approximate surface area is 143 Å². The van der Waals surface area contributed by atoms with Crippen molar-refractivity contribution in [3.8, 4) is 17.2 Å². The number of nitrogens with zero attached hydrogens (tertiary/aromatic N) is 1. The molecule has 1 fully saturated rings. The minimum absolute atomic E-state index is 0.0541. The van der Waals surface area contributed by atoms with Crippen LogP contribution in [0.2, 0.25) is 0 Å². The van der Waals surface area contributed by atoms with Crippen molar-refractivity contribution >= 4 is 10.0 Å². The van der Waals surface area contributed by atoms with Crippen LogP contribution in [0.25, 0.3) is 0 Å². The molecule has 7 nitrogen and oxygen atoms in total. The minimum Gasteiger partial charge on any atom is -0.496 e. The van der Waals surface area contributed by atoms with Gasteiger partial charge in [-0.3, -0.25) is 0 Å². The number of hydrogen-bond donors (Lipinski definition) is 1. The molecule has 0 saturated carbocycles. The molecule has 0 spiro atoms. The lowest BCUT2D eigenvalue weighted by Gasteiger charge is -2.32. The van der Waals surface area contributed by atoms with Crippen molar-refractivity contribution in [2.24, 2.45) is 5.92 Å². The van der Waals surface area contributed by atoms with Gasteiger partial charge in [0.15, 0.2) is 4.90 Å². The monoisotopic (exact) mass is 358 g/mol. The molecule has 0 aliphatic carbocycles. The van der Waals surface area contributed by atoms with Gasteiger partial charge in [-0.1, -0.05) is 0 Å². The normalized spacial score (nSPS) is 19.1. The topological polar surface area (TPSA) is 77.1 Å². The molecule has 1 aromatic carbocycles. The molecule has 1 atom stereocenters. The van der Waals surface area contributed by atoms with E-state index in [0.29, 0.717) is 24.8 Å². The lowest BCUT2D eigenvalue weighted by atomic mass is 10.00. The highest BCUT2D eigenvalue weighted by molar-refractivity contribution is 7.89. The third kappa shape index (κ3) is 3.76. The molecule has 24 heavy (non-hydrogen) atoms. The molecular weight excluding hydrogens is 332 g/mol. The largest absolute Gasteiger partial charge is 0.496 e. The quantitative estimate of drug-likeness (QED) is 0.792. The van der Waals surface area contributed by atoms with Crippen LogP contribution in [-0.4, -0.2) is 60.7 Å². The number of methoxy groups -OCH3 is 3. The third-order valence-corrected chi connectivity index (χ3v) is 6.17. The zero-order valence-corrected chi connectivity index (χ0v) is 15.5. The van der Waals surface area contributed by atoms with Crippen LogP contribution in [0, 0.1) is 5.92 Å². The molecule has 1 aliphatic heterocycles. The van der Waals surface area contributed by atoms with Crippen LogP contribution < -0.4 is 19.5 Å². The van der Waals surface area contributed by atoms with Gasteiger partial charge < -0.3 is 19.5 Å². The van der Waals surface area contributed by atoms with E-state index < -0.39 is 10.0 Å². The first-order valence-electron chi connectivity index (χ1n) is 7.92. The van der Waals surface area contributed by atoms with E-state index in [1.165, 1.54) is 25.6 Å². The summed E-state index contributed by atoms with van der Waals surface area (Å²) < 4.78 is 43.7. The Balaban J connectivity index is 2.44. The van der Waals surface area contributed by atoms with Crippen molar-refractivity contribution in [1.82, 2.24) is 9.62 Å². The van der Waals surface area contributed by atoms with E-state index in [-0.39, 0.29) is 16.4 Å². The van der Waals surface area contributed by atoms with Crippen LogP contribution in [0.4, 0.5) is 0 Å². The molecule has 0 bridgehead atoms. The lowest BCUT2D eigenvalue weighted by Crippen LogP contribution is -2.42. The number of piperidine rings is 1. The van der Waals surface area contributed by atoms with E-state index >= 15 is 0 Å². The SMILES string of the molecule is CNCC1CCCN(S(=O)(=O)c2c(OC)cc(OC)cc2OC)C1. The lowest BCUT2D eigenvalue weighted by molar-refractivity contribution is 0.261. The zero-order valence-electron chi connectivity index (χ0n) is 14.7. The summed E-state index contributed by atoms with van der Waals surface area (Å²) >= 11 is 0.